The molecule has 1 aliphatic heterocycles. The molecule has 6 nitrogen and oxygen atoms in total. The lowest BCUT2D eigenvalue weighted by atomic mass is 10.2. The fourth-order valence-corrected chi connectivity index (χ4v) is 4.32. The Morgan fingerprint density at radius 2 is 2.10 bits per heavy atom. The molecule has 0 radical (unpaired) electrons. The van der Waals surface area contributed by atoms with Crippen molar-refractivity contribution >= 4 is 15.4 Å². The highest BCUT2D eigenvalue weighted by Gasteiger charge is 2.17. The van der Waals surface area contributed by atoms with Gasteiger partial charge >= 0.3 is 0 Å². The highest BCUT2D eigenvalue weighted by atomic mass is 32.2. The molecule has 110 valence electrons. The molecular weight excluding hydrogens is 280 g/mol. The minimum absolute atomic E-state index is 0.0000222. The van der Waals surface area contributed by atoms with E-state index >= 15 is 0 Å². The summed E-state index contributed by atoms with van der Waals surface area (Å²) < 4.78 is 22.0. The van der Waals surface area contributed by atoms with Gasteiger partial charge in [0.1, 0.15) is 5.75 Å². The summed E-state index contributed by atoms with van der Waals surface area (Å²) in [6.07, 6.45) is 1.88. The van der Waals surface area contributed by atoms with Crippen LogP contribution in [0.15, 0.2) is 22.6 Å². The lowest BCUT2D eigenvalue weighted by Crippen LogP contribution is -2.03. The van der Waals surface area contributed by atoms with Crippen LogP contribution in [0.3, 0.4) is 0 Å². The Morgan fingerprint density at radius 1 is 1.40 bits per heavy atom. The Balaban J connectivity index is 2.30. The van der Waals surface area contributed by atoms with Gasteiger partial charge in [0.25, 0.3) is 5.69 Å². The Bertz CT molecular complexity index is 609. The fourth-order valence-electron chi connectivity index (χ4n) is 2.17. The van der Waals surface area contributed by atoms with Gasteiger partial charge in [-0.15, -0.1) is 0 Å². The zero-order valence-electron chi connectivity index (χ0n) is 11.4. The Kier molecular flexibility index (Phi) is 4.59. The van der Waals surface area contributed by atoms with E-state index in [4.69, 9.17) is 4.74 Å². The summed E-state index contributed by atoms with van der Waals surface area (Å²) in [5.74, 6) is 1.83. The van der Waals surface area contributed by atoms with Crippen molar-refractivity contribution < 1.29 is 13.9 Å². The van der Waals surface area contributed by atoms with E-state index in [2.05, 4.69) is 4.36 Å². The molecule has 0 spiro atoms. The molecule has 0 saturated carbocycles. The Morgan fingerprint density at radius 3 is 2.70 bits per heavy atom. The maximum Gasteiger partial charge on any atom is 0.270 e. The summed E-state index contributed by atoms with van der Waals surface area (Å²) in [5, 5.41) is 10.8. The lowest BCUT2D eigenvalue weighted by Gasteiger charge is -2.09. The molecule has 1 aromatic rings. The smallest absolute Gasteiger partial charge is 0.270 e. The maximum absolute atomic E-state index is 12.3. The van der Waals surface area contributed by atoms with Gasteiger partial charge in [-0.2, -0.15) is 0 Å². The van der Waals surface area contributed by atoms with E-state index in [-0.39, 0.29) is 12.2 Å². The first kappa shape index (κ1) is 14.8. The Hall–Kier alpha value is -1.63. The lowest BCUT2D eigenvalue weighted by molar-refractivity contribution is -0.384. The number of non-ortho nitro benzene ring substituents is 1. The van der Waals surface area contributed by atoms with E-state index < -0.39 is 14.7 Å². The van der Waals surface area contributed by atoms with Crippen LogP contribution >= 0.6 is 0 Å². The monoisotopic (exact) mass is 298 g/mol. The van der Waals surface area contributed by atoms with Crippen LogP contribution in [0, 0.1) is 10.1 Å². The highest BCUT2D eigenvalue weighted by molar-refractivity contribution is 7.93. The molecular formula is C13H18N2O4S. The van der Waals surface area contributed by atoms with Crippen LogP contribution in [0.25, 0.3) is 0 Å². The number of nitro benzene ring substituents is 1. The summed E-state index contributed by atoms with van der Waals surface area (Å²) in [6, 6.07) is 4.43. The fraction of sp³-hybridized carbons (Fsp3) is 0.538. The van der Waals surface area contributed by atoms with Crippen LogP contribution < -0.4 is 4.74 Å². The topological polar surface area (TPSA) is 81.8 Å². The molecule has 0 N–H and O–H groups in total. The van der Waals surface area contributed by atoms with Crippen molar-refractivity contribution in [2.24, 2.45) is 4.36 Å². The van der Waals surface area contributed by atoms with Crippen LogP contribution in [0.2, 0.25) is 0 Å². The van der Waals surface area contributed by atoms with Crippen molar-refractivity contribution in [3.8, 4) is 5.75 Å². The average Bonchev–Trinajstić information content (AvgIpc) is 2.85. The predicted molar refractivity (Wildman–Crippen MR) is 77.5 cm³/mol. The predicted octanol–water partition coefficient (Wildman–Crippen LogP) is 2.76. The van der Waals surface area contributed by atoms with Gasteiger partial charge in [0.2, 0.25) is 0 Å². The van der Waals surface area contributed by atoms with Crippen LogP contribution in [-0.2, 0) is 16.3 Å². The van der Waals surface area contributed by atoms with Gasteiger partial charge in [-0.25, -0.2) is 8.57 Å². The summed E-state index contributed by atoms with van der Waals surface area (Å²) in [7, 11) is -2.12. The molecule has 2 rings (SSSR count). The average molecular weight is 298 g/mol. The van der Waals surface area contributed by atoms with Crippen molar-refractivity contribution in [2.45, 2.75) is 26.3 Å². The molecule has 0 atom stereocenters. The number of hydrogen-bond acceptors (Lipinski definition) is 5. The first-order chi connectivity index (χ1) is 9.54. The van der Waals surface area contributed by atoms with Crippen molar-refractivity contribution in [1.29, 1.82) is 0 Å². The largest absolute Gasteiger partial charge is 0.494 e. The first-order valence-corrected chi connectivity index (χ1v) is 8.48. The molecule has 1 aromatic carbocycles. The zero-order valence-corrected chi connectivity index (χ0v) is 12.2. The Labute approximate surface area is 118 Å². The number of rotatable bonds is 5. The third-order valence-electron chi connectivity index (χ3n) is 3.20. The van der Waals surface area contributed by atoms with Gasteiger partial charge in [-0.1, -0.05) is 0 Å². The number of hydrogen-bond donors (Lipinski definition) is 0. The number of nitrogens with zero attached hydrogens (tertiary/aromatic N) is 2. The van der Waals surface area contributed by atoms with Crippen molar-refractivity contribution in [3.05, 3.63) is 33.9 Å². The molecule has 1 heterocycles. The SMILES string of the molecule is CCOc1ccc([N+](=O)[O-])cc1CN=S1(=O)CCCC1. The summed E-state index contributed by atoms with van der Waals surface area (Å²) in [5.41, 5.74) is 0.621. The van der Waals surface area contributed by atoms with Crippen LogP contribution in [0.4, 0.5) is 5.69 Å². The van der Waals surface area contributed by atoms with E-state index in [1.165, 1.54) is 12.1 Å². The second-order valence-corrected chi connectivity index (χ2v) is 7.28. The van der Waals surface area contributed by atoms with Gasteiger partial charge < -0.3 is 4.74 Å². The van der Waals surface area contributed by atoms with E-state index in [0.717, 1.165) is 12.8 Å². The maximum atomic E-state index is 12.3. The van der Waals surface area contributed by atoms with E-state index in [1.807, 2.05) is 6.92 Å². The van der Waals surface area contributed by atoms with Gasteiger partial charge in [0.05, 0.1) is 18.1 Å². The third-order valence-corrected chi connectivity index (χ3v) is 5.65. The summed E-state index contributed by atoms with van der Waals surface area (Å²) in [4.78, 5) is 10.4. The molecule has 0 bridgehead atoms. The van der Waals surface area contributed by atoms with Crippen molar-refractivity contribution in [3.63, 3.8) is 0 Å². The zero-order chi connectivity index (χ0) is 14.6. The standard InChI is InChI=1S/C13H18N2O4S/c1-2-19-13-6-5-12(15(16)17)9-11(13)10-14-20(18)7-3-4-8-20/h5-6,9H,2-4,7-8,10H2,1H3. The normalized spacial score (nSPS) is 16.9. The second kappa shape index (κ2) is 6.21. The molecule has 0 aromatic heterocycles. The molecule has 1 saturated heterocycles. The van der Waals surface area contributed by atoms with Crippen LogP contribution in [0.1, 0.15) is 25.3 Å². The molecule has 1 aliphatic rings. The quantitative estimate of drug-likeness (QED) is 0.618. The van der Waals surface area contributed by atoms with Gasteiger partial charge in [0.15, 0.2) is 0 Å². The first-order valence-electron chi connectivity index (χ1n) is 6.62. The van der Waals surface area contributed by atoms with Crippen LogP contribution in [0.5, 0.6) is 5.75 Å². The number of nitro groups is 1. The van der Waals surface area contributed by atoms with Gasteiger partial charge in [0, 0.05) is 38.9 Å². The highest BCUT2D eigenvalue weighted by Crippen LogP contribution is 2.26. The van der Waals surface area contributed by atoms with Gasteiger partial charge in [-0.05, 0) is 25.8 Å². The minimum atomic E-state index is -2.12. The van der Waals surface area contributed by atoms with Gasteiger partial charge in [-0.3, -0.25) is 10.1 Å². The third kappa shape index (κ3) is 3.47. The molecule has 0 aliphatic carbocycles. The summed E-state index contributed by atoms with van der Waals surface area (Å²) >= 11 is 0. The van der Waals surface area contributed by atoms with E-state index in [0.29, 0.717) is 29.4 Å². The second-order valence-electron chi connectivity index (χ2n) is 4.66. The van der Waals surface area contributed by atoms with E-state index in [9.17, 15) is 14.3 Å². The van der Waals surface area contributed by atoms with Crippen molar-refractivity contribution in [2.75, 3.05) is 18.1 Å². The summed E-state index contributed by atoms with van der Waals surface area (Å²) in [6.45, 7) is 2.52. The molecule has 0 unspecified atom stereocenters. The molecule has 7 heteroatoms. The van der Waals surface area contributed by atoms with Crippen molar-refractivity contribution in [1.82, 2.24) is 0 Å². The molecule has 1 fully saturated rings. The number of ether oxygens (including phenoxy) is 1. The number of benzene rings is 1. The molecule has 0 amide bonds. The van der Waals surface area contributed by atoms with Crippen LogP contribution in [-0.4, -0.2) is 27.2 Å². The molecule has 20 heavy (non-hydrogen) atoms. The minimum Gasteiger partial charge on any atom is -0.494 e. The van der Waals surface area contributed by atoms with E-state index in [1.54, 1.807) is 6.07 Å².